The summed E-state index contributed by atoms with van der Waals surface area (Å²) in [5.74, 6) is 0.962. The van der Waals surface area contributed by atoms with Gasteiger partial charge in [0.05, 0.1) is 13.2 Å². The molecule has 0 saturated carbocycles. The van der Waals surface area contributed by atoms with Crippen LogP contribution in [0.25, 0.3) is 0 Å². The van der Waals surface area contributed by atoms with Crippen molar-refractivity contribution in [2.24, 2.45) is 0 Å². The SMILES string of the molecule is CCNC(Cc1cc(Br)ccc1OC)CC1CCCO1. The lowest BCUT2D eigenvalue weighted by atomic mass is 9.98. The highest BCUT2D eigenvalue weighted by atomic mass is 79.9. The van der Waals surface area contributed by atoms with E-state index in [0.717, 1.165) is 36.2 Å². The van der Waals surface area contributed by atoms with Gasteiger partial charge in [-0.15, -0.1) is 0 Å². The molecule has 1 aliphatic rings. The molecule has 0 spiro atoms. The lowest BCUT2D eigenvalue weighted by Gasteiger charge is -2.22. The largest absolute Gasteiger partial charge is 0.496 e. The van der Waals surface area contributed by atoms with E-state index in [1.165, 1.54) is 18.4 Å². The second kappa shape index (κ2) is 8.01. The second-order valence-corrected chi connectivity index (χ2v) is 6.20. The van der Waals surface area contributed by atoms with Gasteiger partial charge in [0.15, 0.2) is 0 Å². The summed E-state index contributed by atoms with van der Waals surface area (Å²) in [5, 5.41) is 3.58. The monoisotopic (exact) mass is 341 g/mol. The minimum absolute atomic E-state index is 0.414. The van der Waals surface area contributed by atoms with Crippen LogP contribution in [0.5, 0.6) is 5.75 Å². The number of likely N-dealkylation sites (N-methyl/N-ethyl adjacent to an activating group) is 1. The van der Waals surface area contributed by atoms with Gasteiger partial charge in [0, 0.05) is 17.1 Å². The van der Waals surface area contributed by atoms with Gasteiger partial charge in [-0.05, 0) is 56.0 Å². The average Bonchev–Trinajstić information content (AvgIpc) is 2.92. The first-order valence-corrected chi connectivity index (χ1v) is 8.19. The van der Waals surface area contributed by atoms with Crippen LogP contribution >= 0.6 is 15.9 Å². The first kappa shape index (κ1) is 15.8. The van der Waals surface area contributed by atoms with Crippen LogP contribution in [0.15, 0.2) is 22.7 Å². The molecule has 0 amide bonds. The number of hydrogen-bond donors (Lipinski definition) is 1. The van der Waals surface area contributed by atoms with E-state index >= 15 is 0 Å². The number of ether oxygens (including phenoxy) is 2. The van der Waals surface area contributed by atoms with Crippen molar-refractivity contribution in [3.05, 3.63) is 28.2 Å². The number of methoxy groups -OCH3 is 1. The summed E-state index contributed by atoms with van der Waals surface area (Å²) in [5.41, 5.74) is 1.24. The van der Waals surface area contributed by atoms with Gasteiger partial charge < -0.3 is 14.8 Å². The molecule has 4 heteroatoms. The zero-order valence-corrected chi connectivity index (χ0v) is 13.9. The number of nitrogens with one attached hydrogen (secondary N) is 1. The third-order valence-electron chi connectivity index (χ3n) is 3.77. The molecule has 0 aromatic heterocycles. The third kappa shape index (κ3) is 4.47. The molecule has 1 aromatic carbocycles. The van der Waals surface area contributed by atoms with E-state index in [1.54, 1.807) is 7.11 Å². The molecule has 1 saturated heterocycles. The zero-order valence-electron chi connectivity index (χ0n) is 12.3. The van der Waals surface area contributed by atoms with Crippen LogP contribution in [0.2, 0.25) is 0 Å². The fourth-order valence-corrected chi connectivity index (χ4v) is 3.26. The predicted molar refractivity (Wildman–Crippen MR) is 85.5 cm³/mol. The van der Waals surface area contributed by atoms with Crippen LogP contribution in [0.1, 0.15) is 31.7 Å². The van der Waals surface area contributed by atoms with Gasteiger partial charge in [-0.25, -0.2) is 0 Å². The highest BCUT2D eigenvalue weighted by Gasteiger charge is 2.21. The van der Waals surface area contributed by atoms with E-state index in [-0.39, 0.29) is 0 Å². The quantitative estimate of drug-likeness (QED) is 0.822. The molecule has 2 atom stereocenters. The topological polar surface area (TPSA) is 30.5 Å². The van der Waals surface area contributed by atoms with Crippen molar-refractivity contribution < 1.29 is 9.47 Å². The fourth-order valence-electron chi connectivity index (χ4n) is 2.85. The Morgan fingerprint density at radius 3 is 3.00 bits per heavy atom. The Bertz CT molecular complexity index is 419. The van der Waals surface area contributed by atoms with E-state index < -0.39 is 0 Å². The Morgan fingerprint density at radius 1 is 1.50 bits per heavy atom. The predicted octanol–water partition coefficient (Wildman–Crippen LogP) is 3.55. The molecule has 1 fully saturated rings. The van der Waals surface area contributed by atoms with Crippen molar-refractivity contribution in [2.45, 2.75) is 44.8 Å². The summed E-state index contributed by atoms with van der Waals surface area (Å²) in [6.45, 7) is 4.05. The molecule has 1 N–H and O–H groups in total. The highest BCUT2D eigenvalue weighted by molar-refractivity contribution is 9.10. The molecule has 1 aromatic rings. The minimum Gasteiger partial charge on any atom is -0.496 e. The van der Waals surface area contributed by atoms with Gasteiger partial charge >= 0.3 is 0 Å². The van der Waals surface area contributed by atoms with Crippen molar-refractivity contribution in [1.29, 1.82) is 0 Å². The number of hydrogen-bond acceptors (Lipinski definition) is 3. The van der Waals surface area contributed by atoms with E-state index in [9.17, 15) is 0 Å². The van der Waals surface area contributed by atoms with Gasteiger partial charge in [-0.3, -0.25) is 0 Å². The van der Waals surface area contributed by atoms with Crippen LogP contribution in [0.4, 0.5) is 0 Å². The molecule has 2 rings (SSSR count). The van der Waals surface area contributed by atoms with Crippen molar-refractivity contribution in [3.63, 3.8) is 0 Å². The Balaban J connectivity index is 2.04. The number of benzene rings is 1. The maximum Gasteiger partial charge on any atom is 0.122 e. The second-order valence-electron chi connectivity index (χ2n) is 5.29. The summed E-state index contributed by atoms with van der Waals surface area (Å²) >= 11 is 3.54. The summed E-state index contributed by atoms with van der Waals surface area (Å²) in [6.07, 6.45) is 4.85. The van der Waals surface area contributed by atoms with Crippen LogP contribution < -0.4 is 10.1 Å². The maximum absolute atomic E-state index is 5.77. The van der Waals surface area contributed by atoms with Gasteiger partial charge in [-0.2, -0.15) is 0 Å². The average molecular weight is 342 g/mol. The molecule has 0 aliphatic carbocycles. The maximum atomic E-state index is 5.77. The van der Waals surface area contributed by atoms with Gasteiger partial charge in [0.2, 0.25) is 0 Å². The number of halogens is 1. The molecule has 20 heavy (non-hydrogen) atoms. The van der Waals surface area contributed by atoms with E-state index in [1.807, 2.05) is 12.1 Å². The fraction of sp³-hybridized carbons (Fsp3) is 0.625. The normalized spacial score (nSPS) is 20.1. The number of rotatable bonds is 7. The summed E-state index contributed by atoms with van der Waals surface area (Å²) in [7, 11) is 1.73. The van der Waals surface area contributed by atoms with Crippen LogP contribution in [-0.4, -0.2) is 32.4 Å². The van der Waals surface area contributed by atoms with Gasteiger partial charge in [0.1, 0.15) is 5.75 Å². The van der Waals surface area contributed by atoms with E-state index in [2.05, 4.69) is 34.2 Å². The van der Waals surface area contributed by atoms with Crippen LogP contribution in [0.3, 0.4) is 0 Å². The van der Waals surface area contributed by atoms with Crippen LogP contribution in [-0.2, 0) is 11.2 Å². The molecular weight excluding hydrogens is 318 g/mol. The molecule has 1 aliphatic heterocycles. The molecule has 0 bridgehead atoms. The summed E-state index contributed by atoms with van der Waals surface area (Å²) < 4.78 is 12.3. The first-order valence-electron chi connectivity index (χ1n) is 7.40. The lowest BCUT2D eigenvalue weighted by Crippen LogP contribution is -2.34. The van der Waals surface area contributed by atoms with Gasteiger partial charge in [0.25, 0.3) is 0 Å². The van der Waals surface area contributed by atoms with E-state index in [4.69, 9.17) is 9.47 Å². The van der Waals surface area contributed by atoms with Crippen LogP contribution in [0, 0.1) is 0 Å². The Kier molecular flexibility index (Phi) is 6.33. The standard InChI is InChI=1S/C16H24BrNO2/c1-3-18-14(11-15-5-4-8-20-15)10-12-9-13(17)6-7-16(12)19-2/h6-7,9,14-15,18H,3-5,8,10-11H2,1-2H3. The van der Waals surface area contributed by atoms with E-state index in [0.29, 0.717) is 12.1 Å². The molecular formula is C16H24BrNO2. The molecule has 1 heterocycles. The van der Waals surface area contributed by atoms with Crippen molar-refractivity contribution in [2.75, 3.05) is 20.3 Å². The smallest absolute Gasteiger partial charge is 0.122 e. The molecule has 112 valence electrons. The Labute approximate surface area is 130 Å². The lowest BCUT2D eigenvalue weighted by molar-refractivity contribution is 0.0947. The highest BCUT2D eigenvalue weighted by Crippen LogP contribution is 2.26. The zero-order chi connectivity index (χ0) is 14.4. The van der Waals surface area contributed by atoms with Crippen molar-refractivity contribution in [1.82, 2.24) is 5.32 Å². The Morgan fingerprint density at radius 2 is 2.35 bits per heavy atom. The van der Waals surface area contributed by atoms with Crippen molar-refractivity contribution >= 4 is 15.9 Å². The first-order chi connectivity index (χ1) is 9.72. The summed E-state index contributed by atoms with van der Waals surface area (Å²) in [6, 6.07) is 6.63. The Hall–Kier alpha value is -0.580. The molecule has 3 nitrogen and oxygen atoms in total. The summed E-state index contributed by atoms with van der Waals surface area (Å²) in [4.78, 5) is 0. The molecule has 2 unspecified atom stereocenters. The minimum atomic E-state index is 0.414. The van der Waals surface area contributed by atoms with Crippen molar-refractivity contribution in [3.8, 4) is 5.75 Å². The molecule has 0 radical (unpaired) electrons. The third-order valence-corrected chi connectivity index (χ3v) is 4.27. The van der Waals surface area contributed by atoms with Gasteiger partial charge in [-0.1, -0.05) is 22.9 Å².